The number of anilines is 2. The van der Waals surface area contributed by atoms with Crippen LogP contribution in [0.1, 0.15) is 44.4 Å². The Morgan fingerprint density at radius 1 is 0.710 bits per heavy atom. The van der Waals surface area contributed by atoms with Crippen LogP contribution in [0.2, 0.25) is 0 Å². The number of benzene rings is 1. The van der Waals surface area contributed by atoms with E-state index in [1.54, 1.807) is 0 Å². The van der Waals surface area contributed by atoms with Crippen LogP contribution in [0.4, 0.5) is 11.6 Å². The molecule has 2 aromatic rings. The summed E-state index contributed by atoms with van der Waals surface area (Å²) in [5, 5.41) is 0. The van der Waals surface area contributed by atoms with Crippen LogP contribution < -0.4 is 9.80 Å². The molecule has 0 aliphatic carbocycles. The molecule has 0 bridgehead atoms. The van der Waals surface area contributed by atoms with Crippen molar-refractivity contribution in [1.29, 1.82) is 0 Å². The summed E-state index contributed by atoms with van der Waals surface area (Å²) < 4.78 is 0. The van der Waals surface area contributed by atoms with Gasteiger partial charge in [-0.15, -0.1) is 0 Å². The molecule has 0 radical (unpaired) electrons. The highest BCUT2D eigenvalue weighted by atomic mass is 15.4. The maximum atomic E-state index is 5.14. The summed E-state index contributed by atoms with van der Waals surface area (Å²) in [6.45, 7) is 15.1. The second-order valence-electron chi connectivity index (χ2n) is 8.93. The Morgan fingerprint density at radius 2 is 1.13 bits per heavy atom. The number of nitrogens with zero attached hydrogens (tertiary/aromatic N) is 6. The Hall–Kier alpha value is -3.02. The molecule has 0 saturated carbocycles. The molecule has 0 saturated heterocycles. The molecule has 2 aliphatic rings. The van der Waals surface area contributed by atoms with Crippen LogP contribution >= 0.6 is 0 Å². The highest BCUT2D eigenvalue weighted by molar-refractivity contribution is 5.72. The van der Waals surface area contributed by atoms with Gasteiger partial charge < -0.3 is 19.6 Å². The lowest BCUT2D eigenvalue weighted by Gasteiger charge is -2.32. The second-order valence-corrected chi connectivity index (χ2v) is 8.93. The monoisotopic (exact) mass is 418 g/mol. The Kier molecular flexibility index (Phi) is 5.20. The van der Waals surface area contributed by atoms with E-state index in [1.807, 2.05) is 0 Å². The van der Waals surface area contributed by atoms with Crippen molar-refractivity contribution in [2.45, 2.75) is 60.8 Å². The Labute approximate surface area is 186 Å². The van der Waals surface area contributed by atoms with Crippen LogP contribution in [0.3, 0.4) is 0 Å². The third kappa shape index (κ3) is 3.34. The van der Waals surface area contributed by atoms with Crippen LogP contribution in [-0.4, -0.2) is 46.2 Å². The lowest BCUT2D eigenvalue weighted by Crippen LogP contribution is -2.37. The van der Waals surface area contributed by atoms with Gasteiger partial charge in [-0.2, -0.15) is 0 Å². The van der Waals surface area contributed by atoms with Crippen molar-refractivity contribution in [1.82, 2.24) is 19.8 Å². The van der Waals surface area contributed by atoms with Gasteiger partial charge in [-0.3, -0.25) is 0 Å². The fraction of sp³-hybridized carbons (Fsp3) is 0.440. The van der Waals surface area contributed by atoms with Gasteiger partial charge >= 0.3 is 0 Å². The first-order chi connectivity index (χ1) is 14.6. The zero-order chi connectivity index (χ0) is 22.6. The van der Waals surface area contributed by atoms with Gasteiger partial charge in [-0.1, -0.05) is 18.2 Å². The maximum absolute atomic E-state index is 5.14. The molecule has 1 aromatic heterocycles. The molecule has 0 spiro atoms. The molecule has 6 nitrogen and oxygen atoms in total. The third-order valence-electron chi connectivity index (χ3n) is 6.98. The zero-order valence-electron chi connectivity index (χ0n) is 20.2. The molecule has 0 unspecified atom stereocenters. The van der Waals surface area contributed by atoms with Crippen LogP contribution in [-0.2, 0) is 0 Å². The summed E-state index contributed by atoms with van der Waals surface area (Å²) in [6, 6.07) is 6.37. The van der Waals surface area contributed by atoms with E-state index in [9.17, 15) is 0 Å². The van der Waals surface area contributed by atoms with Crippen molar-refractivity contribution in [2.75, 3.05) is 23.9 Å². The summed E-state index contributed by atoms with van der Waals surface area (Å²) in [7, 11) is 4.26. The lowest BCUT2D eigenvalue weighted by atomic mass is 10.0. The maximum Gasteiger partial charge on any atom is 0.164 e. The summed E-state index contributed by atoms with van der Waals surface area (Å²) >= 11 is 0. The first kappa shape index (κ1) is 21.2. The Bertz CT molecular complexity index is 1010. The minimum atomic E-state index is 0.197. The molecule has 31 heavy (non-hydrogen) atoms. The number of aromatic nitrogens is 2. The first-order valence-corrected chi connectivity index (χ1v) is 11.0. The second kappa shape index (κ2) is 7.59. The van der Waals surface area contributed by atoms with Crippen LogP contribution in [0.15, 0.2) is 42.0 Å². The SMILES string of the molecule is CC1=CN(c2nc(-c3c(C)cccc3C)nc(N3C=C(C)N(C)[C@@H]3C)c2C)[C@H](C)N1C. The predicted octanol–water partition coefficient (Wildman–Crippen LogP) is 4.99. The number of aryl methyl sites for hydroxylation is 2. The highest BCUT2D eigenvalue weighted by Crippen LogP contribution is 2.38. The standard InChI is InChI=1S/C25H34N6/c1-15-11-10-12-16(2)22(15)23-26-24(30-13-17(3)28(8)20(30)6)19(5)25(27-23)31-14-18(4)29(9)21(31)7/h10-14,20-21H,1-9H3/t20-,21+. The fourth-order valence-corrected chi connectivity index (χ4v) is 4.51. The first-order valence-electron chi connectivity index (χ1n) is 11.0. The van der Waals surface area contributed by atoms with Crippen molar-refractivity contribution >= 4 is 11.6 Å². The Balaban J connectivity index is 1.96. The van der Waals surface area contributed by atoms with Gasteiger partial charge in [-0.25, -0.2) is 9.97 Å². The molecular formula is C25H34N6. The van der Waals surface area contributed by atoms with E-state index >= 15 is 0 Å². The predicted molar refractivity (Wildman–Crippen MR) is 129 cm³/mol. The number of allylic oxidation sites excluding steroid dienone is 2. The summed E-state index contributed by atoms with van der Waals surface area (Å²) in [5.41, 5.74) is 7.05. The third-order valence-corrected chi connectivity index (χ3v) is 6.98. The van der Waals surface area contributed by atoms with Gasteiger partial charge in [0.1, 0.15) is 24.0 Å². The van der Waals surface area contributed by atoms with E-state index in [-0.39, 0.29) is 12.3 Å². The molecular weight excluding hydrogens is 384 g/mol. The summed E-state index contributed by atoms with van der Waals surface area (Å²) in [6.07, 6.45) is 4.78. The highest BCUT2D eigenvalue weighted by Gasteiger charge is 2.32. The van der Waals surface area contributed by atoms with Crippen molar-refractivity contribution in [3.8, 4) is 11.4 Å². The van der Waals surface area contributed by atoms with E-state index in [1.165, 1.54) is 22.5 Å². The van der Waals surface area contributed by atoms with E-state index < -0.39 is 0 Å². The van der Waals surface area contributed by atoms with Gasteiger partial charge in [-0.05, 0) is 59.6 Å². The molecule has 6 heteroatoms. The molecule has 2 atom stereocenters. The molecule has 4 rings (SSSR count). The molecule has 1 aromatic carbocycles. The minimum absolute atomic E-state index is 0.197. The summed E-state index contributed by atoms with van der Waals surface area (Å²) in [5.74, 6) is 2.71. The fourth-order valence-electron chi connectivity index (χ4n) is 4.51. The number of hydrogen-bond acceptors (Lipinski definition) is 6. The molecule has 3 heterocycles. The molecule has 0 N–H and O–H groups in total. The van der Waals surface area contributed by atoms with E-state index in [0.717, 1.165) is 28.6 Å². The smallest absolute Gasteiger partial charge is 0.164 e. The van der Waals surface area contributed by atoms with Crippen LogP contribution in [0.5, 0.6) is 0 Å². The zero-order valence-corrected chi connectivity index (χ0v) is 20.2. The van der Waals surface area contributed by atoms with Gasteiger partial charge in [0.25, 0.3) is 0 Å². The van der Waals surface area contributed by atoms with Crippen molar-refractivity contribution in [3.05, 3.63) is 58.7 Å². The van der Waals surface area contributed by atoms with Crippen LogP contribution in [0, 0.1) is 20.8 Å². The molecule has 164 valence electrons. The van der Waals surface area contributed by atoms with Gasteiger partial charge in [0.05, 0.1) is 0 Å². The largest absolute Gasteiger partial charge is 0.357 e. The average molecular weight is 419 g/mol. The number of hydrogen-bond donors (Lipinski definition) is 0. The average Bonchev–Trinajstić information content (AvgIpc) is 3.13. The van der Waals surface area contributed by atoms with Gasteiger partial charge in [0, 0.05) is 49.0 Å². The molecule has 0 fully saturated rings. The van der Waals surface area contributed by atoms with Gasteiger partial charge in [0.15, 0.2) is 5.82 Å². The number of rotatable bonds is 3. The molecule has 0 amide bonds. The van der Waals surface area contributed by atoms with Crippen molar-refractivity contribution in [2.24, 2.45) is 0 Å². The topological polar surface area (TPSA) is 38.7 Å². The van der Waals surface area contributed by atoms with Crippen LogP contribution in [0.25, 0.3) is 11.4 Å². The summed E-state index contributed by atoms with van der Waals surface area (Å²) in [4.78, 5) is 19.4. The van der Waals surface area contributed by atoms with Gasteiger partial charge in [0.2, 0.25) is 0 Å². The quantitative estimate of drug-likeness (QED) is 0.699. The van der Waals surface area contributed by atoms with E-state index in [4.69, 9.17) is 9.97 Å². The van der Waals surface area contributed by atoms with Crippen molar-refractivity contribution < 1.29 is 0 Å². The Morgan fingerprint density at radius 3 is 1.48 bits per heavy atom. The van der Waals surface area contributed by atoms with Crippen molar-refractivity contribution in [3.63, 3.8) is 0 Å². The lowest BCUT2D eigenvalue weighted by molar-refractivity contribution is 0.354. The minimum Gasteiger partial charge on any atom is -0.357 e. The molecule has 2 aliphatic heterocycles. The van der Waals surface area contributed by atoms with E-state index in [0.29, 0.717) is 0 Å². The van der Waals surface area contributed by atoms with E-state index in [2.05, 4.69) is 113 Å². The normalized spacial score (nSPS) is 21.2.